The van der Waals surface area contributed by atoms with Gasteiger partial charge in [0.05, 0.1) is 44.7 Å². The summed E-state index contributed by atoms with van der Waals surface area (Å²) in [4.78, 5) is 26.0. The van der Waals surface area contributed by atoms with Crippen LogP contribution in [0, 0.1) is 10.1 Å². The first kappa shape index (κ1) is 19.8. The number of hydrogen-bond donors (Lipinski definition) is 1. The van der Waals surface area contributed by atoms with Gasteiger partial charge in [-0.2, -0.15) is 0 Å². The lowest BCUT2D eigenvalue weighted by Crippen LogP contribution is -2.16. The molecule has 2 aromatic carbocycles. The van der Waals surface area contributed by atoms with E-state index >= 15 is 0 Å². The van der Waals surface area contributed by atoms with Crippen LogP contribution in [-0.2, 0) is 0 Å². The van der Waals surface area contributed by atoms with Crippen molar-refractivity contribution in [1.82, 2.24) is 9.55 Å². The van der Waals surface area contributed by atoms with E-state index in [1.54, 1.807) is 18.2 Å². The maximum absolute atomic E-state index is 12.5. The minimum Gasteiger partial charge on any atom is -0.493 e. The lowest BCUT2D eigenvalue weighted by molar-refractivity contribution is -0.385. The van der Waals surface area contributed by atoms with Gasteiger partial charge in [-0.25, -0.2) is 4.79 Å². The molecule has 0 atom stereocenters. The zero-order chi connectivity index (χ0) is 21.1. The molecule has 152 valence electrons. The molecule has 0 radical (unpaired) electrons. The molecular weight excluding hydrogens is 382 g/mol. The summed E-state index contributed by atoms with van der Waals surface area (Å²) in [5.41, 5.74) is 0.640. The van der Waals surface area contributed by atoms with Crippen LogP contribution >= 0.6 is 0 Å². The number of H-pyrrole nitrogens is 1. The van der Waals surface area contributed by atoms with Gasteiger partial charge in [0.2, 0.25) is 5.75 Å². The lowest BCUT2D eigenvalue weighted by atomic mass is 10.1. The van der Waals surface area contributed by atoms with Crippen molar-refractivity contribution < 1.29 is 23.9 Å². The van der Waals surface area contributed by atoms with E-state index in [9.17, 15) is 14.9 Å². The molecule has 0 spiro atoms. The van der Waals surface area contributed by atoms with Crippen LogP contribution in [0.3, 0.4) is 0 Å². The third-order valence-electron chi connectivity index (χ3n) is 4.36. The highest BCUT2D eigenvalue weighted by Crippen LogP contribution is 2.40. The fraction of sp³-hybridized carbons (Fsp3) is 0.211. The normalized spacial score (nSPS) is 10.5. The summed E-state index contributed by atoms with van der Waals surface area (Å²) in [6, 6.07) is 7.67. The highest BCUT2D eigenvalue weighted by atomic mass is 16.6. The van der Waals surface area contributed by atoms with E-state index in [1.165, 1.54) is 51.3 Å². The highest BCUT2D eigenvalue weighted by Gasteiger charge is 2.21. The average molecular weight is 401 g/mol. The Morgan fingerprint density at radius 1 is 0.931 bits per heavy atom. The van der Waals surface area contributed by atoms with Gasteiger partial charge in [-0.3, -0.25) is 14.7 Å². The molecule has 1 aromatic heterocycles. The van der Waals surface area contributed by atoms with Gasteiger partial charge < -0.3 is 23.9 Å². The van der Waals surface area contributed by atoms with Crippen molar-refractivity contribution in [3.63, 3.8) is 0 Å². The molecule has 0 aliphatic heterocycles. The van der Waals surface area contributed by atoms with Crippen LogP contribution in [0.5, 0.6) is 23.0 Å². The van der Waals surface area contributed by atoms with Crippen molar-refractivity contribution in [1.29, 1.82) is 0 Å². The summed E-state index contributed by atoms with van der Waals surface area (Å²) in [6.45, 7) is 0. The molecule has 0 fully saturated rings. The second-order valence-electron chi connectivity index (χ2n) is 5.84. The second-order valence-corrected chi connectivity index (χ2v) is 5.84. The number of aromatic amines is 1. The maximum Gasteiger partial charge on any atom is 0.330 e. The Kier molecular flexibility index (Phi) is 5.44. The molecule has 1 N–H and O–H groups in total. The van der Waals surface area contributed by atoms with Crippen molar-refractivity contribution in [2.45, 2.75) is 0 Å². The molecule has 0 aliphatic rings. The zero-order valence-corrected chi connectivity index (χ0v) is 16.2. The van der Waals surface area contributed by atoms with E-state index in [1.807, 2.05) is 0 Å². The topological polar surface area (TPSA) is 118 Å². The van der Waals surface area contributed by atoms with Gasteiger partial charge in [0, 0.05) is 30.0 Å². The Labute approximate surface area is 165 Å². The quantitative estimate of drug-likeness (QED) is 0.478. The van der Waals surface area contributed by atoms with Crippen LogP contribution in [0.2, 0.25) is 0 Å². The third-order valence-corrected chi connectivity index (χ3v) is 4.36. The Hall–Kier alpha value is -3.95. The summed E-state index contributed by atoms with van der Waals surface area (Å²) in [7, 11) is 5.76. The molecule has 0 amide bonds. The van der Waals surface area contributed by atoms with Crippen LogP contribution in [0.15, 0.2) is 41.3 Å². The molecule has 10 heteroatoms. The molecule has 29 heavy (non-hydrogen) atoms. The van der Waals surface area contributed by atoms with Crippen LogP contribution in [0.25, 0.3) is 16.9 Å². The summed E-state index contributed by atoms with van der Waals surface area (Å²) >= 11 is 0. The van der Waals surface area contributed by atoms with E-state index in [4.69, 9.17) is 18.9 Å². The molecule has 3 aromatic rings. The van der Waals surface area contributed by atoms with E-state index in [0.29, 0.717) is 34.2 Å². The smallest absolute Gasteiger partial charge is 0.330 e. The Bertz CT molecular complexity index is 1090. The fourth-order valence-corrected chi connectivity index (χ4v) is 3.03. The van der Waals surface area contributed by atoms with Crippen LogP contribution in [0.4, 0.5) is 5.69 Å². The molecule has 10 nitrogen and oxygen atoms in total. The standard InChI is InChI=1S/C19H19N3O7/c1-26-15-6-5-11(7-13(15)22(24)25)14-10-20-19(23)21(14)12-8-16(27-2)18(29-4)17(9-12)28-3/h5-10H,1-4H3,(H,20,23). The van der Waals surface area contributed by atoms with E-state index in [-0.39, 0.29) is 11.4 Å². The molecular formula is C19H19N3O7. The number of hydrogen-bond acceptors (Lipinski definition) is 7. The number of rotatable bonds is 7. The van der Waals surface area contributed by atoms with Crippen LogP contribution in [0.1, 0.15) is 0 Å². The number of nitrogens with one attached hydrogen (secondary N) is 1. The molecule has 0 saturated heterocycles. The second kappa shape index (κ2) is 7.97. The average Bonchev–Trinajstić information content (AvgIpc) is 3.13. The number of aromatic nitrogens is 2. The summed E-state index contributed by atoms with van der Waals surface area (Å²) < 4.78 is 22.4. The Morgan fingerprint density at radius 3 is 2.07 bits per heavy atom. The molecule has 0 aliphatic carbocycles. The lowest BCUT2D eigenvalue weighted by Gasteiger charge is -2.15. The first-order valence-electron chi connectivity index (χ1n) is 8.38. The van der Waals surface area contributed by atoms with Gasteiger partial charge >= 0.3 is 11.4 Å². The Morgan fingerprint density at radius 2 is 1.55 bits per heavy atom. The van der Waals surface area contributed by atoms with Gasteiger partial charge in [0.1, 0.15) is 0 Å². The van der Waals surface area contributed by atoms with Crippen molar-refractivity contribution >= 4 is 5.69 Å². The molecule has 3 rings (SSSR count). The predicted octanol–water partition coefficient (Wildman–Crippen LogP) is 2.78. The van der Waals surface area contributed by atoms with Gasteiger partial charge in [-0.05, 0) is 12.1 Å². The predicted molar refractivity (Wildman–Crippen MR) is 105 cm³/mol. The fourth-order valence-electron chi connectivity index (χ4n) is 3.03. The Balaban J connectivity index is 2.24. The number of benzene rings is 2. The first-order valence-corrected chi connectivity index (χ1v) is 8.38. The van der Waals surface area contributed by atoms with Crippen molar-refractivity contribution in [3.8, 4) is 39.9 Å². The van der Waals surface area contributed by atoms with E-state index < -0.39 is 10.6 Å². The van der Waals surface area contributed by atoms with E-state index in [0.717, 1.165) is 0 Å². The largest absolute Gasteiger partial charge is 0.493 e. The summed E-state index contributed by atoms with van der Waals surface area (Å²) in [6.07, 6.45) is 1.47. The van der Waals surface area contributed by atoms with Crippen molar-refractivity contribution in [2.24, 2.45) is 0 Å². The molecule has 0 saturated carbocycles. The van der Waals surface area contributed by atoms with Crippen molar-refractivity contribution in [3.05, 3.63) is 57.1 Å². The number of ether oxygens (including phenoxy) is 4. The molecule has 0 unspecified atom stereocenters. The summed E-state index contributed by atoms with van der Waals surface area (Å²) in [5.74, 6) is 1.23. The number of nitrogens with zero attached hydrogens (tertiary/aromatic N) is 2. The monoisotopic (exact) mass is 401 g/mol. The number of imidazole rings is 1. The first-order chi connectivity index (χ1) is 13.9. The van der Waals surface area contributed by atoms with Gasteiger partial charge in [-0.1, -0.05) is 0 Å². The van der Waals surface area contributed by atoms with E-state index in [2.05, 4.69) is 4.98 Å². The van der Waals surface area contributed by atoms with Gasteiger partial charge in [-0.15, -0.1) is 0 Å². The van der Waals surface area contributed by atoms with Crippen LogP contribution < -0.4 is 24.6 Å². The zero-order valence-electron chi connectivity index (χ0n) is 16.2. The maximum atomic E-state index is 12.5. The number of methoxy groups -OCH3 is 4. The number of nitro benzene ring substituents is 1. The number of nitro groups is 1. The van der Waals surface area contributed by atoms with Crippen LogP contribution in [-0.4, -0.2) is 42.9 Å². The summed E-state index contributed by atoms with van der Waals surface area (Å²) in [5, 5.41) is 11.4. The molecule has 0 bridgehead atoms. The highest BCUT2D eigenvalue weighted by molar-refractivity contribution is 5.69. The van der Waals surface area contributed by atoms with Crippen molar-refractivity contribution in [2.75, 3.05) is 28.4 Å². The third kappa shape index (κ3) is 3.47. The minimum absolute atomic E-state index is 0.121. The minimum atomic E-state index is -0.545. The van der Waals surface area contributed by atoms with Gasteiger partial charge in [0.25, 0.3) is 0 Å². The molecule has 1 heterocycles. The van der Waals surface area contributed by atoms with Gasteiger partial charge in [0.15, 0.2) is 17.2 Å². The SMILES string of the molecule is COc1ccc(-c2c[nH]c(=O)n2-c2cc(OC)c(OC)c(OC)c2)cc1[N+](=O)[O-].